The van der Waals surface area contributed by atoms with Crippen molar-refractivity contribution in [1.29, 1.82) is 0 Å². The number of piperazine rings is 1. The summed E-state index contributed by atoms with van der Waals surface area (Å²) in [6, 6.07) is 5.95. The molecule has 0 spiro atoms. The number of halogens is 2. The smallest absolute Gasteiger partial charge is 0.225 e. The number of nitrogens with zero attached hydrogens (tertiary/aromatic N) is 5. The molecule has 2 aromatic rings. The zero-order valence-corrected chi connectivity index (χ0v) is 14.4. The number of oxime groups is 1. The second-order valence-electron chi connectivity index (χ2n) is 6.19. The second kappa shape index (κ2) is 8.66. The molecule has 26 heavy (non-hydrogen) atoms. The average Bonchev–Trinajstić information content (AvgIpc) is 2.67. The Kier molecular flexibility index (Phi) is 6.06. The molecule has 0 radical (unpaired) electrons. The molecule has 138 valence electrons. The van der Waals surface area contributed by atoms with Crippen LogP contribution >= 0.6 is 0 Å². The SMILES string of the molecule is O/N=C(\CCCN1CCN(c2ncc(F)cn2)CC1)c1ccc(F)cc1. The molecule has 1 N–H and O–H groups in total. The van der Waals surface area contributed by atoms with Gasteiger partial charge in [-0.05, 0) is 37.1 Å². The largest absolute Gasteiger partial charge is 0.411 e. The molecule has 1 saturated heterocycles. The molecule has 0 bridgehead atoms. The summed E-state index contributed by atoms with van der Waals surface area (Å²) in [7, 11) is 0. The highest BCUT2D eigenvalue weighted by Crippen LogP contribution is 2.13. The maximum atomic E-state index is 13.0. The van der Waals surface area contributed by atoms with Crippen LogP contribution in [0.5, 0.6) is 0 Å². The van der Waals surface area contributed by atoms with Crippen LogP contribution in [0.1, 0.15) is 18.4 Å². The number of aromatic nitrogens is 2. The van der Waals surface area contributed by atoms with Gasteiger partial charge in [-0.1, -0.05) is 17.3 Å². The summed E-state index contributed by atoms with van der Waals surface area (Å²) < 4.78 is 25.9. The summed E-state index contributed by atoms with van der Waals surface area (Å²) in [4.78, 5) is 12.4. The first-order valence-corrected chi connectivity index (χ1v) is 8.57. The highest BCUT2D eigenvalue weighted by molar-refractivity contribution is 6.00. The van der Waals surface area contributed by atoms with Crippen LogP contribution in [0, 0.1) is 11.6 Å². The van der Waals surface area contributed by atoms with Crippen LogP contribution in [0.4, 0.5) is 14.7 Å². The Morgan fingerprint density at radius 1 is 1.00 bits per heavy atom. The van der Waals surface area contributed by atoms with E-state index in [4.69, 9.17) is 0 Å². The Morgan fingerprint density at radius 3 is 2.27 bits per heavy atom. The molecular formula is C18H21F2N5O. The summed E-state index contributed by atoms with van der Waals surface area (Å²) in [5.74, 6) is -0.194. The number of hydrogen-bond donors (Lipinski definition) is 1. The van der Waals surface area contributed by atoms with Crippen molar-refractivity contribution in [1.82, 2.24) is 14.9 Å². The molecular weight excluding hydrogens is 340 g/mol. The number of anilines is 1. The predicted molar refractivity (Wildman–Crippen MR) is 94.6 cm³/mol. The van der Waals surface area contributed by atoms with Crippen LogP contribution in [-0.4, -0.2) is 58.5 Å². The molecule has 2 heterocycles. The van der Waals surface area contributed by atoms with E-state index in [1.807, 2.05) is 4.90 Å². The zero-order valence-electron chi connectivity index (χ0n) is 14.4. The van der Waals surface area contributed by atoms with E-state index in [1.165, 1.54) is 24.5 Å². The lowest BCUT2D eigenvalue weighted by molar-refractivity contribution is 0.254. The molecule has 0 atom stereocenters. The molecule has 1 fully saturated rings. The Bertz CT molecular complexity index is 728. The Balaban J connectivity index is 1.43. The third kappa shape index (κ3) is 4.72. The number of benzene rings is 1. The fraction of sp³-hybridized carbons (Fsp3) is 0.389. The first kappa shape index (κ1) is 18.2. The Hall–Kier alpha value is -2.61. The number of hydrogen-bond acceptors (Lipinski definition) is 6. The van der Waals surface area contributed by atoms with Crippen molar-refractivity contribution in [3.05, 3.63) is 53.9 Å². The molecule has 8 heteroatoms. The highest BCUT2D eigenvalue weighted by Gasteiger charge is 2.18. The molecule has 1 aromatic heterocycles. The first-order chi connectivity index (χ1) is 12.7. The maximum absolute atomic E-state index is 13.0. The molecule has 6 nitrogen and oxygen atoms in total. The van der Waals surface area contributed by atoms with Crippen LogP contribution in [0.3, 0.4) is 0 Å². The zero-order chi connectivity index (χ0) is 18.4. The molecule has 1 aromatic carbocycles. The van der Waals surface area contributed by atoms with E-state index in [0.29, 0.717) is 18.1 Å². The normalized spacial score (nSPS) is 16.1. The van der Waals surface area contributed by atoms with E-state index in [-0.39, 0.29) is 5.82 Å². The van der Waals surface area contributed by atoms with Crippen LogP contribution in [0.2, 0.25) is 0 Å². The van der Waals surface area contributed by atoms with Crippen molar-refractivity contribution in [3.63, 3.8) is 0 Å². The molecule has 1 aliphatic heterocycles. The lowest BCUT2D eigenvalue weighted by Crippen LogP contribution is -2.47. The van der Waals surface area contributed by atoms with Gasteiger partial charge < -0.3 is 10.1 Å². The second-order valence-corrected chi connectivity index (χ2v) is 6.19. The molecule has 0 unspecified atom stereocenters. The van der Waals surface area contributed by atoms with Gasteiger partial charge in [0.25, 0.3) is 0 Å². The summed E-state index contributed by atoms with van der Waals surface area (Å²) in [6.45, 7) is 4.17. The quantitative estimate of drug-likeness (QED) is 0.487. The van der Waals surface area contributed by atoms with Crippen LogP contribution < -0.4 is 4.90 Å². The Morgan fingerprint density at radius 2 is 1.65 bits per heavy atom. The molecule has 0 saturated carbocycles. The maximum Gasteiger partial charge on any atom is 0.225 e. The number of rotatable bonds is 6. The van der Waals surface area contributed by atoms with Crippen molar-refractivity contribution < 1.29 is 14.0 Å². The van der Waals surface area contributed by atoms with Gasteiger partial charge >= 0.3 is 0 Å². The van der Waals surface area contributed by atoms with Crippen LogP contribution in [0.25, 0.3) is 0 Å². The minimum Gasteiger partial charge on any atom is -0.411 e. The van der Waals surface area contributed by atoms with Gasteiger partial charge in [-0.15, -0.1) is 0 Å². The summed E-state index contributed by atoms with van der Waals surface area (Å²) in [5, 5.41) is 12.5. The first-order valence-electron chi connectivity index (χ1n) is 8.57. The van der Waals surface area contributed by atoms with Gasteiger partial charge in [0.15, 0.2) is 5.82 Å². The minimum atomic E-state index is -0.435. The van der Waals surface area contributed by atoms with Gasteiger partial charge in [0, 0.05) is 26.2 Å². The van der Waals surface area contributed by atoms with Crippen molar-refractivity contribution in [2.75, 3.05) is 37.6 Å². The van der Waals surface area contributed by atoms with E-state index in [2.05, 4.69) is 20.0 Å². The fourth-order valence-corrected chi connectivity index (χ4v) is 3.00. The van der Waals surface area contributed by atoms with Crippen molar-refractivity contribution >= 4 is 11.7 Å². The lowest BCUT2D eigenvalue weighted by Gasteiger charge is -2.34. The van der Waals surface area contributed by atoms with Gasteiger partial charge in [-0.25, -0.2) is 18.7 Å². The summed E-state index contributed by atoms with van der Waals surface area (Å²) in [5.41, 5.74) is 1.29. The lowest BCUT2D eigenvalue weighted by atomic mass is 10.1. The molecule has 0 aliphatic carbocycles. The van der Waals surface area contributed by atoms with Crippen molar-refractivity contribution in [3.8, 4) is 0 Å². The molecule has 1 aliphatic rings. The highest BCUT2D eigenvalue weighted by atomic mass is 19.1. The predicted octanol–water partition coefficient (Wildman–Crippen LogP) is 2.54. The summed E-state index contributed by atoms with van der Waals surface area (Å²) in [6.07, 6.45) is 3.81. The van der Waals surface area contributed by atoms with E-state index >= 15 is 0 Å². The van der Waals surface area contributed by atoms with Crippen molar-refractivity contribution in [2.24, 2.45) is 5.16 Å². The van der Waals surface area contributed by atoms with Crippen molar-refractivity contribution in [2.45, 2.75) is 12.8 Å². The third-order valence-electron chi connectivity index (χ3n) is 4.45. The van der Waals surface area contributed by atoms with Gasteiger partial charge in [0.2, 0.25) is 5.95 Å². The van der Waals surface area contributed by atoms with E-state index < -0.39 is 5.82 Å². The monoisotopic (exact) mass is 361 g/mol. The summed E-state index contributed by atoms with van der Waals surface area (Å²) >= 11 is 0. The van der Waals surface area contributed by atoms with Crippen LogP contribution in [0.15, 0.2) is 41.8 Å². The topological polar surface area (TPSA) is 64.9 Å². The van der Waals surface area contributed by atoms with Gasteiger partial charge in [-0.2, -0.15) is 0 Å². The Labute approximate surface area is 150 Å². The standard InChI is InChI=1S/C18H21F2N5O/c19-15-5-3-14(4-6-15)17(23-26)2-1-7-24-8-10-25(11-9-24)18-21-12-16(20)13-22-18/h3-6,12-13,26H,1-2,7-11H2/b23-17+. The van der Waals surface area contributed by atoms with Gasteiger partial charge in [0.05, 0.1) is 18.1 Å². The molecule has 3 rings (SSSR count). The van der Waals surface area contributed by atoms with E-state index in [1.54, 1.807) is 12.1 Å². The van der Waals surface area contributed by atoms with Crippen LogP contribution in [-0.2, 0) is 0 Å². The third-order valence-corrected chi connectivity index (χ3v) is 4.45. The van der Waals surface area contributed by atoms with Gasteiger partial charge in [0.1, 0.15) is 5.82 Å². The van der Waals surface area contributed by atoms with E-state index in [9.17, 15) is 14.0 Å². The average molecular weight is 361 g/mol. The fourth-order valence-electron chi connectivity index (χ4n) is 3.00. The van der Waals surface area contributed by atoms with E-state index in [0.717, 1.165) is 44.7 Å². The van der Waals surface area contributed by atoms with Gasteiger partial charge in [-0.3, -0.25) is 4.90 Å². The molecule has 0 amide bonds. The minimum absolute atomic E-state index is 0.311.